The van der Waals surface area contributed by atoms with Crippen molar-refractivity contribution in [2.75, 3.05) is 14.2 Å². The standard InChI is InChI=1S/C14H19NO6/c1-14(2,20-4)21-12(13(16)19-3)9-10-7-5-6-8-11(10)15(17)18/h5-8,12H,9H2,1-4H3. The van der Waals surface area contributed by atoms with E-state index in [2.05, 4.69) is 4.74 Å². The Bertz CT molecular complexity index is 514. The van der Waals surface area contributed by atoms with Crippen LogP contribution in [0.15, 0.2) is 24.3 Å². The maximum atomic E-state index is 11.8. The molecule has 7 nitrogen and oxygen atoms in total. The van der Waals surface area contributed by atoms with Gasteiger partial charge >= 0.3 is 5.97 Å². The van der Waals surface area contributed by atoms with Gasteiger partial charge in [-0.15, -0.1) is 0 Å². The summed E-state index contributed by atoms with van der Waals surface area (Å²) in [5.74, 6) is -1.62. The number of hydrogen-bond acceptors (Lipinski definition) is 6. The van der Waals surface area contributed by atoms with Crippen LogP contribution >= 0.6 is 0 Å². The average Bonchev–Trinajstić information content (AvgIpc) is 2.45. The van der Waals surface area contributed by atoms with Crippen molar-refractivity contribution >= 4 is 11.7 Å². The highest BCUT2D eigenvalue weighted by molar-refractivity contribution is 5.75. The van der Waals surface area contributed by atoms with Crippen molar-refractivity contribution in [3.8, 4) is 0 Å². The number of esters is 1. The molecule has 0 saturated carbocycles. The summed E-state index contributed by atoms with van der Waals surface area (Å²) >= 11 is 0. The first-order valence-corrected chi connectivity index (χ1v) is 6.34. The minimum absolute atomic E-state index is 0.0244. The Hall–Kier alpha value is -1.99. The zero-order valence-corrected chi connectivity index (χ0v) is 12.5. The lowest BCUT2D eigenvalue weighted by Gasteiger charge is -2.28. The molecule has 21 heavy (non-hydrogen) atoms. The van der Waals surface area contributed by atoms with Crippen molar-refractivity contribution in [2.45, 2.75) is 32.2 Å². The maximum Gasteiger partial charge on any atom is 0.335 e. The van der Waals surface area contributed by atoms with Crippen LogP contribution < -0.4 is 0 Å². The molecule has 1 aromatic carbocycles. The zero-order chi connectivity index (χ0) is 16.0. The van der Waals surface area contributed by atoms with Crippen LogP contribution in [0, 0.1) is 10.1 Å². The molecule has 0 radical (unpaired) electrons. The lowest BCUT2D eigenvalue weighted by molar-refractivity contribution is -0.385. The summed E-state index contributed by atoms with van der Waals surface area (Å²) in [5.41, 5.74) is 0.329. The minimum atomic E-state index is -1.01. The third kappa shape index (κ3) is 4.80. The van der Waals surface area contributed by atoms with Crippen LogP contribution in [0.4, 0.5) is 5.69 Å². The van der Waals surface area contributed by atoms with Crippen LogP contribution in [0.5, 0.6) is 0 Å². The van der Waals surface area contributed by atoms with Gasteiger partial charge in [-0.3, -0.25) is 10.1 Å². The normalized spacial score (nSPS) is 12.8. The second-order valence-electron chi connectivity index (χ2n) is 4.82. The van der Waals surface area contributed by atoms with Gasteiger partial charge in [-0.2, -0.15) is 0 Å². The van der Waals surface area contributed by atoms with E-state index in [9.17, 15) is 14.9 Å². The van der Waals surface area contributed by atoms with Gasteiger partial charge in [-0.25, -0.2) is 4.79 Å². The van der Waals surface area contributed by atoms with Crippen LogP contribution in [0.3, 0.4) is 0 Å². The Kier molecular flexibility index (Phi) is 5.80. The van der Waals surface area contributed by atoms with E-state index >= 15 is 0 Å². The fourth-order valence-corrected chi connectivity index (χ4v) is 1.76. The number of rotatable bonds is 7. The quantitative estimate of drug-likeness (QED) is 0.331. The van der Waals surface area contributed by atoms with Crippen LogP contribution in [0.25, 0.3) is 0 Å². The summed E-state index contributed by atoms with van der Waals surface area (Å²) in [4.78, 5) is 22.3. The van der Waals surface area contributed by atoms with Crippen molar-refractivity contribution in [3.63, 3.8) is 0 Å². The summed E-state index contributed by atoms with van der Waals surface area (Å²) in [6.07, 6.45) is -0.970. The molecule has 1 aromatic rings. The van der Waals surface area contributed by atoms with Gasteiger partial charge in [0, 0.05) is 25.2 Å². The number of nitro benzene ring substituents is 1. The molecule has 0 N–H and O–H groups in total. The van der Waals surface area contributed by atoms with E-state index in [1.807, 2.05) is 0 Å². The van der Waals surface area contributed by atoms with Crippen LogP contribution in [0.1, 0.15) is 19.4 Å². The molecule has 1 atom stereocenters. The van der Waals surface area contributed by atoms with E-state index < -0.39 is 22.8 Å². The fourth-order valence-electron chi connectivity index (χ4n) is 1.76. The second kappa shape index (κ2) is 7.14. The topological polar surface area (TPSA) is 87.9 Å². The summed E-state index contributed by atoms with van der Waals surface area (Å²) in [7, 11) is 2.68. The summed E-state index contributed by atoms with van der Waals surface area (Å²) in [6.45, 7) is 3.28. The van der Waals surface area contributed by atoms with Crippen molar-refractivity contribution in [1.82, 2.24) is 0 Å². The third-order valence-corrected chi connectivity index (χ3v) is 2.98. The van der Waals surface area contributed by atoms with E-state index in [4.69, 9.17) is 9.47 Å². The lowest BCUT2D eigenvalue weighted by Crippen LogP contribution is -2.38. The van der Waals surface area contributed by atoms with Crippen LogP contribution in [-0.2, 0) is 25.4 Å². The monoisotopic (exact) mass is 297 g/mol. The molecule has 1 rings (SSSR count). The number of nitrogens with zero attached hydrogens (tertiary/aromatic N) is 1. The molecule has 0 aromatic heterocycles. The fraction of sp³-hybridized carbons (Fsp3) is 0.500. The summed E-state index contributed by atoms with van der Waals surface area (Å²) < 4.78 is 15.4. The van der Waals surface area contributed by atoms with E-state index in [0.29, 0.717) is 5.56 Å². The van der Waals surface area contributed by atoms with Crippen LogP contribution in [-0.4, -0.2) is 37.0 Å². The lowest BCUT2D eigenvalue weighted by atomic mass is 10.1. The Morgan fingerprint density at radius 1 is 1.33 bits per heavy atom. The highest BCUT2D eigenvalue weighted by Gasteiger charge is 2.31. The van der Waals surface area contributed by atoms with Crippen molar-refractivity contribution in [2.24, 2.45) is 0 Å². The molecule has 0 aliphatic heterocycles. The van der Waals surface area contributed by atoms with E-state index in [-0.39, 0.29) is 12.1 Å². The number of carbonyl (C=O) groups excluding carboxylic acids is 1. The van der Waals surface area contributed by atoms with Gasteiger partial charge in [0.25, 0.3) is 5.69 Å². The number of hydrogen-bond donors (Lipinski definition) is 0. The van der Waals surface area contributed by atoms with E-state index in [0.717, 1.165) is 0 Å². The smallest absolute Gasteiger partial charge is 0.335 e. The molecule has 1 unspecified atom stereocenters. The number of para-hydroxylation sites is 1. The second-order valence-corrected chi connectivity index (χ2v) is 4.82. The maximum absolute atomic E-state index is 11.8. The SMILES string of the molecule is COC(=O)C(Cc1ccccc1[N+](=O)[O-])OC(C)(C)OC. The molecule has 7 heteroatoms. The summed E-state index contributed by atoms with van der Waals surface area (Å²) in [5, 5.41) is 11.0. The first kappa shape index (κ1) is 17.1. The first-order chi connectivity index (χ1) is 9.80. The van der Waals surface area contributed by atoms with Gasteiger partial charge in [0.1, 0.15) is 0 Å². The average molecular weight is 297 g/mol. The van der Waals surface area contributed by atoms with E-state index in [1.54, 1.807) is 32.0 Å². The Balaban J connectivity index is 3.02. The number of carbonyl (C=O) groups is 1. The van der Waals surface area contributed by atoms with Gasteiger partial charge in [0.2, 0.25) is 0 Å². The minimum Gasteiger partial charge on any atom is -0.467 e. The third-order valence-electron chi connectivity index (χ3n) is 2.98. The zero-order valence-electron chi connectivity index (χ0n) is 12.5. The number of benzene rings is 1. The molecule has 0 heterocycles. The molecule has 116 valence electrons. The largest absolute Gasteiger partial charge is 0.467 e. The molecule has 0 bridgehead atoms. The molecule has 0 aliphatic rings. The first-order valence-electron chi connectivity index (χ1n) is 6.34. The highest BCUT2D eigenvalue weighted by Crippen LogP contribution is 2.23. The van der Waals surface area contributed by atoms with Crippen LogP contribution in [0.2, 0.25) is 0 Å². The van der Waals surface area contributed by atoms with Gasteiger partial charge in [0.05, 0.1) is 12.0 Å². The number of methoxy groups -OCH3 is 2. The van der Waals surface area contributed by atoms with Crippen molar-refractivity contribution < 1.29 is 23.9 Å². The van der Waals surface area contributed by atoms with Crippen molar-refractivity contribution in [1.29, 1.82) is 0 Å². The Labute approximate surface area is 123 Å². The Morgan fingerprint density at radius 3 is 2.48 bits per heavy atom. The molecule has 0 fully saturated rings. The number of nitro groups is 1. The predicted molar refractivity (Wildman–Crippen MR) is 74.8 cm³/mol. The summed E-state index contributed by atoms with van der Waals surface area (Å²) in [6, 6.07) is 6.19. The van der Waals surface area contributed by atoms with Gasteiger partial charge < -0.3 is 14.2 Å². The van der Waals surface area contributed by atoms with Gasteiger partial charge in [-0.1, -0.05) is 18.2 Å². The predicted octanol–water partition coefficient (Wildman–Crippen LogP) is 2.08. The van der Waals surface area contributed by atoms with Gasteiger partial charge in [-0.05, 0) is 13.8 Å². The highest BCUT2D eigenvalue weighted by atomic mass is 16.7. The van der Waals surface area contributed by atoms with Gasteiger partial charge in [0.15, 0.2) is 11.9 Å². The molecule has 0 spiro atoms. The molecule has 0 aliphatic carbocycles. The molecule has 0 amide bonds. The molecular weight excluding hydrogens is 278 g/mol. The molecule has 0 saturated heterocycles. The molecular formula is C14H19NO6. The Morgan fingerprint density at radius 2 is 1.95 bits per heavy atom. The van der Waals surface area contributed by atoms with Crippen molar-refractivity contribution in [3.05, 3.63) is 39.9 Å². The number of ether oxygens (including phenoxy) is 3. The van der Waals surface area contributed by atoms with E-state index in [1.165, 1.54) is 20.3 Å².